The summed E-state index contributed by atoms with van der Waals surface area (Å²) < 4.78 is 11.4. The van der Waals surface area contributed by atoms with Crippen LogP contribution >= 0.6 is 0 Å². The van der Waals surface area contributed by atoms with Gasteiger partial charge in [-0.2, -0.15) is 0 Å². The topological polar surface area (TPSA) is 282 Å². The zero-order chi connectivity index (χ0) is 40.5. The summed E-state index contributed by atoms with van der Waals surface area (Å²) in [6.45, 7) is 6.56. The van der Waals surface area contributed by atoms with E-state index in [0.717, 1.165) is 6.92 Å². The Morgan fingerprint density at radius 1 is 1.04 bits per heavy atom. The molecule has 1 aliphatic heterocycles. The molecule has 1 heterocycles. The minimum Gasteiger partial charge on any atom is -0.507 e. The molecule has 1 saturated carbocycles. The average Bonchev–Trinajstić information content (AvgIpc) is 3.05. The van der Waals surface area contributed by atoms with Crippen LogP contribution in [0.25, 0.3) is 5.76 Å². The predicted molar refractivity (Wildman–Crippen MR) is 191 cm³/mol. The number of benzene rings is 1. The number of ether oxygens (including phenoxy) is 2. The molecule has 18 heteroatoms. The molecule has 0 unspecified atom stereocenters. The Morgan fingerprint density at radius 2 is 1.67 bits per heavy atom. The summed E-state index contributed by atoms with van der Waals surface area (Å²) >= 11 is 0. The Morgan fingerprint density at radius 3 is 2.20 bits per heavy atom. The first-order valence-corrected chi connectivity index (χ1v) is 17.4. The summed E-state index contributed by atoms with van der Waals surface area (Å²) in [5.74, 6) is -9.43. The van der Waals surface area contributed by atoms with Crippen molar-refractivity contribution < 1.29 is 64.1 Å². The highest BCUT2D eigenvalue weighted by atomic mass is 16.7. The van der Waals surface area contributed by atoms with Crippen molar-refractivity contribution >= 4 is 46.3 Å². The largest absolute Gasteiger partial charge is 0.507 e. The molecule has 5 rings (SSSR count). The van der Waals surface area contributed by atoms with Crippen LogP contribution in [0.4, 0.5) is 11.4 Å². The summed E-state index contributed by atoms with van der Waals surface area (Å²) in [4.78, 5) is 70.0. The number of carbonyl (C=O) groups excluding carboxylic acids is 5. The van der Waals surface area contributed by atoms with Crippen molar-refractivity contribution in [3.63, 3.8) is 0 Å². The van der Waals surface area contributed by atoms with Gasteiger partial charge < -0.3 is 61.4 Å². The highest BCUT2D eigenvalue weighted by Crippen LogP contribution is 2.54. The quantitative estimate of drug-likeness (QED) is 0.0764. The first kappa shape index (κ1) is 40.7. The van der Waals surface area contributed by atoms with E-state index in [1.807, 2.05) is 20.8 Å². The number of Topliss-reactive ketones (excluding diaryl/α,β-unsaturated/α-hetero) is 3. The zero-order valence-electron chi connectivity index (χ0n) is 31.3. The lowest BCUT2D eigenvalue weighted by Crippen LogP contribution is -2.68. The lowest BCUT2D eigenvalue weighted by molar-refractivity contribution is -0.283. The highest BCUT2D eigenvalue weighted by Gasteiger charge is 2.66. The van der Waals surface area contributed by atoms with Crippen molar-refractivity contribution in [3.8, 4) is 5.75 Å². The molecule has 10 N–H and O–H groups in total. The molecule has 1 aromatic carbocycles. The van der Waals surface area contributed by atoms with Gasteiger partial charge in [-0.1, -0.05) is 0 Å². The smallest absolute Gasteiger partial charge is 0.255 e. The number of amides is 2. The predicted octanol–water partition coefficient (Wildman–Crippen LogP) is -1.79. The third-order valence-electron chi connectivity index (χ3n) is 10.4. The summed E-state index contributed by atoms with van der Waals surface area (Å²) in [7, 11) is 6.40. The van der Waals surface area contributed by atoms with Gasteiger partial charge in [-0.25, -0.2) is 0 Å². The van der Waals surface area contributed by atoms with Crippen molar-refractivity contribution in [1.82, 2.24) is 10.2 Å². The molecular weight excluding hydrogens is 710 g/mol. The number of nitrogens with two attached hydrogens (primary N) is 1. The molecule has 0 spiro atoms. The Hall–Kier alpha value is -4.43. The lowest BCUT2D eigenvalue weighted by Gasteiger charge is -2.51. The van der Waals surface area contributed by atoms with E-state index in [-0.39, 0.29) is 36.2 Å². The van der Waals surface area contributed by atoms with Crippen molar-refractivity contribution in [2.24, 2.45) is 17.6 Å². The van der Waals surface area contributed by atoms with Crippen molar-refractivity contribution in [2.45, 2.75) is 88.4 Å². The molecular formula is C36H49N5O13. The number of likely N-dealkylation sites (N-methyl/N-ethyl adjacent to an activating group) is 1. The molecule has 0 bridgehead atoms. The maximum Gasteiger partial charge on any atom is 0.255 e. The molecule has 54 heavy (non-hydrogen) atoms. The van der Waals surface area contributed by atoms with Gasteiger partial charge in [0.25, 0.3) is 5.91 Å². The van der Waals surface area contributed by atoms with Crippen LogP contribution in [-0.4, -0.2) is 147 Å². The second-order valence-electron chi connectivity index (χ2n) is 15.8. The average molecular weight is 760 g/mol. The maximum absolute atomic E-state index is 14.5. The second kappa shape index (κ2) is 14.3. The van der Waals surface area contributed by atoms with Crippen LogP contribution in [0.15, 0.2) is 23.0 Å². The minimum atomic E-state index is -3.00. The summed E-state index contributed by atoms with van der Waals surface area (Å²) in [5.41, 5.74) is 1.54. The number of ketones is 3. The number of aliphatic hydroxyl groups is 5. The molecule has 4 aliphatic rings. The van der Waals surface area contributed by atoms with Crippen molar-refractivity contribution in [1.29, 1.82) is 0 Å². The monoisotopic (exact) mass is 759 g/mol. The van der Waals surface area contributed by atoms with Crippen LogP contribution in [-0.2, 0) is 39.9 Å². The Kier molecular flexibility index (Phi) is 10.8. The van der Waals surface area contributed by atoms with Crippen LogP contribution in [0.5, 0.6) is 5.75 Å². The molecule has 1 saturated heterocycles. The van der Waals surface area contributed by atoms with E-state index in [9.17, 15) is 54.6 Å². The minimum absolute atomic E-state index is 0.0136. The van der Waals surface area contributed by atoms with Gasteiger partial charge >= 0.3 is 0 Å². The van der Waals surface area contributed by atoms with Crippen molar-refractivity contribution in [3.05, 3.63) is 34.1 Å². The van der Waals surface area contributed by atoms with Crippen LogP contribution in [0.2, 0.25) is 0 Å². The number of phenols is 1. The Labute approximate surface area is 311 Å². The first-order valence-electron chi connectivity index (χ1n) is 17.4. The number of anilines is 2. The van der Waals surface area contributed by atoms with Crippen LogP contribution in [0.1, 0.15) is 45.2 Å². The van der Waals surface area contributed by atoms with E-state index >= 15 is 0 Å². The summed E-state index contributed by atoms with van der Waals surface area (Å²) in [5, 5.41) is 72.8. The number of aliphatic hydroxyl groups excluding tert-OH is 4. The number of hydrogen-bond acceptors (Lipinski definition) is 16. The number of nitrogens with zero attached hydrogens (tertiary/aromatic N) is 2. The molecule has 296 valence electrons. The second-order valence-corrected chi connectivity index (χ2v) is 15.8. The van der Waals surface area contributed by atoms with Crippen LogP contribution in [0.3, 0.4) is 0 Å². The number of aromatic hydroxyl groups is 1. The van der Waals surface area contributed by atoms with Crippen LogP contribution < -0.4 is 21.3 Å². The van der Waals surface area contributed by atoms with Gasteiger partial charge in [0, 0.05) is 36.8 Å². The van der Waals surface area contributed by atoms with Gasteiger partial charge in [0.15, 0.2) is 11.4 Å². The van der Waals surface area contributed by atoms with Crippen LogP contribution in [0, 0.1) is 11.8 Å². The molecule has 0 radical (unpaired) electrons. The Bertz CT molecular complexity index is 1850. The lowest BCUT2D eigenvalue weighted by atomic mass is 9.57. The summed E-state index contributed by atoms with van der Waals surface area (Å²) in [6.07, 6.45) is -9.53. The molecule has 2 amide bonds. The van der Waals surface area contributed by atoms with Gasteiger partial charge in [-0.3, -0.25) is 28.9 Å². The van der Waals surface area contributed by atoms with Gasteiger partial charge in [0.2, 0.25) is 23.8 Å². The standard InChI is InChI=1S/C36H49N5O13/c1-13(42)29-27(47)26(46)28(48)34(53-29)54-30-22(33(37)51)32(50)36(52)16(23(30)41(7)8)10-14-9-15-18(40(5)6)11-17(39-19(43)12-38-35(2,3)4)24(44)21(15)25(45)20(14)31(36)49/h11,14,16,23,26-29,34,38,44-48,52H,9-10,12H2,1-8H3,(H2,37,51)(H,39,43)/t14-,16-,23+,26-,27-,28+,29+,34-,36-/m0/s1. The molecule has 3 aliphatic carbocycles. The normalized spacial score (nSPS) is 31.1. The van der Waals surface area contributed by atoms with Gasteiger partial charge in [-0.15, -0.1) is 0 Å². The Balaban J connectivity index is 1.63. The van der Waals surface area contributed by atoms with Gasteiger partial charge in [0.05, 0.1) is 23.8 Å². The fourth-order valence-corrected chi connectivity index (χ4v) is 7.84. The van der Waals surface area contributed by atoms with E-state index < -0.39 is 112 Å². The molecule has 0 aromatic heterocycles. The fourth-order valence-electron chi connectivity index (χ4n) is 7.84. The number of phenolic OH excluding ortho intramolecular Hbond substituents is 1. The van der Waals surface area contributed by atoms with E-state index in [1.165, 1.54) is 25.1 Å². The molecule has 18 nitrogen and oxygen atoms in total. The van der Waals surface area contributed by atoms with E-state index in [4.69, 9.17) is 15.2 Å². The van der Waals surface area contributed by atoms with Gasteiger partial charge in [0.1, 0.15) is 47.3 Å². The fraction of sp³-hybridized carbons (Fsp3) is 0.583. The van der Waals surface area contributed by atoms with E-state index in [2.05, 4.69) is 10.6 Å². The maximum atomic E-state index is 14.5. The number of primary amides is 1. The third-order valence-corrected chi connectivity index (χ3v) is 10.4. The zero-order valence-corrected chi connectivity index (χ0v) is 31.3. The van der Waals surface area contributed by atoms with Gasteiger partial charge in [-0.05, 0) is 72.2 Å². The number of fused-ring (bicyclic) bond motifs is 3. The van der Waals surface area contributed by atoms with Crippen molar-refractivity contribution in [2.75, 3.05) is 45.0 Å². The third kappa shape index (κ3) is 6.76. The van der Waals surface area contributed by atoms with E-state index in [1.54, 1.807) is 19.0 Å². The number of nitrogens with one attached hydrogen (secondary N) is 2. The number of hydrogen-bond donors (Lipinski definition) is 9. The molecule has 2 fully saturated rings. The molecule has 1 aromatic rings. The summed E-state index contributed by atoms with van der Waals surface area (Å²) in [6, 6.07) is 0.221. The number of carbonyl (C=O) groups is 5. The number of rotatable bonds is 9. The highest BCUT2D eigenvalue weighted by molar-refractivity contribution is 6.33. The molecule has 9 atom stereocenters. The van der Waals surface area contributed by atoms with E-state index in [0.29, 0.717) is 11.3 Å². The SMILES string of the molecule is CC(=O)[C@H]1O[C@@H](OC2=C(C(N)=O)C(=O)[C@@]3(O)C(=O)C4=C(O)c5c(O)c(NC(=O)CNC(C)(C)C)cc(N(C)C)c5C[C@H]4C[C@H]3[C@H]2N(C)C)[C@H](O)[C@@H](O)[C@@H]1O. The first-order chi connectivity index (χ1) is 24.9.